The average molecular weight is 184 g/mol. The predicted octanol–water partition coefficient (Wildman–Crippen LogP) is -1.22. The van der Waals surface area contributed by atoms with Crippen molar-refractivity contribution in [2.75, 3.05) is 19.8 Å². The van der Waals surface area contributed by atoms with Gasteiger partial charge in [-0.2, -0.15) is 0 Å². The molecule has 3 atom stereocenters. The summed E-state index contributed by atoms with van der Waals surface area (Å²) >= 11 is 0. The van der Waals surface area contributed by atoms with Gasteiger partial charge in [-0.05, 0) is 6.42 Å². The van der Waals surface area contributed by atoms with Crippen LogP contribution in [-0.2, 0) is 9.47 Å². The van der Waals surface area contributed by atoms with Crippen molar-refractivity contribution < 1.29 is 19.7 Å². The summed E-state index contributed by atoms with van der Waals surface area (Å²) in [4.78, 5) is 0. The first-order valence-electron chi connectivity index (χ1n) is 4.46. The molecular weight excluding hydrogens is 171 g/mol. The molecule has 0 bridgehead atoms. The smallest absolute Gasteiger partial charge is 0.142 e. The minimum absolute atomic E-state index is 0.216. The van der Waals surface area contributed by atoms with E-state index in [-0.39, 0.29) is 13.2 Å². The van der Waals surface area contributed by atoms with E-state index in [1.165, 1.54) is 0 Å². The molecule has 0 aromatic rings. The first-order valence-corrected chi connectivity index (χ1v) is 4.46. The maximum atomic E-state index is 10.2. The van der Waals surface area contributed by atoms with Gasteiger partial charge in [-0.1, -0.05) is 0 Å². The summed E-state index contributed by atoms with van der Waals surface area (Å²) in [6, 6.07) is -0.501. The second-order valence-corrected chi connectivity index (χ2v) is 3.85. The number of aliphatic hydroxyl groups excluding tert-OH is 1. The summed E-state index contributed by atoms with van der Waals surface area (Å²) in [5.41, 5.74) is -2.01. The third-order valence-corrected chi connectivity index (χ3v) is 3.01. The van der Waals surface area contributed by atoms with Crippen LogP contribution < -0.4 is 0 Å². The third kappa shape index (κ3) is 1.22. The molecule has 13 heavy (non-hydrogen) atoms. The lowest BCUT2D eigenvalue weighted by Crippen LogP contribution is -2.60. The Morgan fingerprint density at radius 2 is 2.31 bits per heavy atom. The summed E-state index contributed by atoms with van der Waals surface area (Å²) in [5.74, 6) is 0. The van der Waals surface area contributed by atoms with Gasteiger partial charge in [0.05, 0.1) is 13.2 Å². The minimum atomic E-state index is -1.01. The van der Waals surface area contributed by atoms with Crippen LogP contribution in [0.1, 0.15) is 12.8 Å². The van der Waals surface area contributed by atoms with Crippen molar-refractivity contribution in [3.63, 3.8) is 0 Å². The van der Waals surface area contributed by atoms with Crippen molar-refractivity contribution >= 4 is 7.85 Å². The van der Waals surface area contributed by atoms with Crippen LogP contribution in [0.25, 0.3) is 0 Å². The zero-order valence-corrected chi connectivity index (χ0v) is 7.40. The van der Waals surface area contributed by atoms with Gasteiger partial charge in [-0.3, -0.25) is 0 Å². The SMILES string of the molecule is [B][C@H]1C[C@@]2(O)CCOCC2(CO)O1. The van der Waals surface area contributed by atoms with Gasteiger partial charge in [0.2, 0.25) is 0 Å². The number of aliphatic hydroxyl groups is 2. The molecule has 0 aromatic carbocycles. The van der Waals surface area contributed by atoms with Gasteiger partial charge < -0.3 is 19.7 Å². The quantitative estimate of drug-likeness (QED) is 0.501. The number of hydrogen-bond acceptors (Lipinski definition) is 4. The molecule has 0 amide bonds. The lowest BCUT2D eigenvalue weighted by Gasteiger charge is -2.42. The van der Waals surface area contributed by atoms with E-state index in [0.717, 1.165) is 0 Å². The fourth-order valence-electron chi connectivity index (χ4n) is 2.17. The molecule has 0 aliphatic carbocycles. The van der Waals surface area contributed by atoms with Gasteiger partial charge in [0, 0.05) is 19.0 Å². The van der Waals surface area contributed by atoms with E-state index in [1.807, 2.05) is 0 Å². The van der Waals surface area contributed by atoms with Gasteiger partial charge in [0.25, 0.3) is 0 Å². The highest BCUT2D eigenvalue weighted by atomic mass is 16.6. The summed E-state index contributed by atoms with van der Waals surface area (Å²) in [5, 5.41) is 19.4. The number of fused-ring (bicyclic) bond motifs is 1. The Hall–Kier alpha value is -0.0951. The van der Waals surface area contributed by atoms with Gasteiger partial charge in [0.15, 0.2) is 0 Å². The second kappa shape index (κ2) is 2.95. The standard InChI is InChI=1S/C8H13BO4/c9-6-3-7(11)1-2-12-5-8(7,4-10)13-6/h6,10-11H,1-5H2/t6-,7+,8?/m1/s1. The molecule has 2 aliphatic heterocycles. The van der Waals surface area contributed by atoms with Crippen LogP contribution in [0.2, 0.25) is 0 Å². The summed E-state index contributed by atoms with van der Waals surface area (Å²) in [7, 11) is 5.59. The van der Waals surface area contributed by atoms with Crippen molar-refractivity contribution in [1.29, 1.82) is 0 Å². The zero-order valence-electron chi connectivity index (χ0n) is 7.40. The van der Waals surface area contributed by atoms with Crippen LogP contribution >= 0.6 is 0 Å². The summed E-state index contributed by atoms with van der Waals surface area (Å²) in [6.45, 7) is 0.458. The Kier molecular flexibility index (Phi) is 2.15. The Balaban J connectivity index is 2.27. The zero-order chi connectivity index (χ0) is 9.53. The fraction of sp³-hybridized carbons (Fsp3) is 1.00. The third-order valence-electron chi connectivity index (χ3n) is 3.01. The van der Waals surface area contributed by atoms with Gasteiger partial charge in [-0.15, -0.1) is 0 Å². The van der Waals surface area contributed by atoms with E-state index in [2.05, 4.69) is 0 Å². The molecule has 2 rings (SSSR count). The van der Waals surface area contributed by atoms with Crippen LogP contribution in [0.5, 0.6) is 0 Å². The highest BCUT2D eigenvalue weighted by molar-refractivity contribution is 6.11. The molecule has 2 saturated heterocycles. The largest absolute Gasteiger partial charge is 0.393 e. The normalized spacial score (nSPS) is 50.5. The monoisotopic (exact) mass is 184 g/mol. The molecular formula is C8H13BO4. The molecule has 0 saturated carbocycles. The topological polar surface area (TPSA) is 58.9 Å². The van der Waals surface area contributed by atoms with Gasteiger partial charge in [0.1, 0.15) is 19.0 Å². The van der Waals surface area contributed by atoms with Gasteiger partial charge >= 0.3 is 0 Å². The molecule has 4 nitrogen and oxygen atoms in total. The molecule has 2 heterocycles. The van der Waals surface area contributed by atoms with E-state index in [4.69, 9.17) is 17.3 Å². The lowest BCUT2D eigenvalue weighted by atomic mass is 9.77. The lowest BCUT2D eigenvalue weighted by molar-refractivity contribution is -0.211. The molecule has 1 unspecified atom stereocenters. The average Bonchev–Trinajstić information content (AvgIpc) is 2.35. The second-order valence-electron chi connectivity index (χ2n) is 3.85. The summed E-state index contributed by atoms with van der Waals surface area (Å²) in [6.07, 6.45) is 0.845. The van der Waals surface area contributed by atoms with Crippen molar-refractivity contribution in [3.8, 4) is 0 Å². The Morgan fingerprint density at radius 1 is 1.54 bits per heavy atom. The van der Waals surface area contributed by atoms with Crippen molar-refractivity contribution in [2.45, 2.75) is 30.0 Å². The predicted molar refractivity (Wildman–Crippen MR) is 45.4 cm³/mol. The van der Waals surface area contributed by atoms with Crippen molar-refractivity contribution in [1.82, 2.24) is 0 Å². The van der Waals surface area contributed by atoms with E-state index >= 15 is 0 Å². The maximum Gasteiger partial charge on any atom is 0.142 e. The molecule has 0 aromatic heterocycles. The first-order chi connectivity index (χ1) is 6.12. The molecule has 2 aliphatic rings. The molecule has 2 radical (unpaired) electrons. The molecule has 2 fully saturated rings. The van der Waals surface area contributed by atoms with Crippen LogP contribution in [0.15, 0.2) is 0 Å². The Morgan fingerprint density at radius 3 is 2.92 bits per heavy atom. The Bertz CT molecular complexity index is 212. The van der Waals surface area contributed by atoms with Crippen LogP contribution in [0.4, 0.5) is 0 Å². The first kappa shape index (κ1) is 9.46. The van der Waals surface area contributed by atoms with Crippen LogP contribution in [-0.4, -0.2) is 55.1 Å². The van der Waals surface area contributed by atoms with Crippen LogP contribution in [0.3, 0.4) is 0 Å². The van der Waals surface area contributed by atoms with E-state index < -0.39 is 17.2 Å². The van der Waals surface area contributed by atoms with E-state index in [1.54, 1.807) is 0 Å². The highest BCUT2D eigenvalue weighted by Gasteiger charge is 2.59. The van der Waals surface area contributed by atoms with E-state index in [9.17, 15) is 10.2 Å². The minimum Gasteiger partial charge on any atom is -0.393 e. The Labute approximate surface area is 78.2 Å². The highest BCUT2D eigenvalue weighted by Crippen LogP contribution is 2.43. The van der Waals surface area contributed by atoms with Crippen molar-refractivity contribution in [2.24, 2.45) is 0 Å². The number of rotatable bonds is 1. The number of hydrogen-bond donors (Lipinski definition) is 2. The molecule has 2 N–H and O–H groups in total. The van der Waals surface area contributed by atoms with Crippen molar-refractivity contribution in [3.05, 3.63) is 0 Å². The fourth-order valence-corrected chi connectivity index (χ4v) is 2.17. The van der Waals surface area contributed by atoms with E-state index in [0.29, 0.717) is 19.4 Å². The van der Waals surface area contributed by atoms with Gasteiger partial charge in [-0.25, -0.2) is 0 Å². The number of ether oxygens (including phenoxy) is 2. The molecule has 0 spiro atoms. The molecule has 5 heteroatoms. The van der Waals surface area contributed by atoms with Crippen LogP contribution in [0, 0.1) is 0 Å². The maximum absolute atomic E-state index is 10.2. The molecule has 72 valence electrons. The summed E-state index contributed by atoms with van der Waals surface area (Å²) < 4.78 is 10.5.